The molecule has 4 amide bonds. The molecule has 14 nitrogen and oxygen atoms in total. The summed E-state index contributed by atoms with van der Waals surface area (Å²) in [6, 6.07) is 14.9. The molecule has 0 N–H and O–H groups in total. The Bertz CT molecular complexity index is 2110. The van der Waals surface area contributed by atoms with E-state index in [1.807, 2.05) is 15.8 Å². The van der Waals surface area contributed by atoms with Crippen LogP contribution in [-0.2, 0) is 0 Å². The summed E-state index contributed by atoms with van der Waals surface area (Å²) in [5, 5.41) is 24.7. The number of nitro groups is 2. The Balaban J connectivity index is 1.07. The van der Waals surface area contributed by atoms with Gasteiger partial charge in [-0.2, -0.15) is 0 Å². The molecule has 3 heterocycles. The van der Waals surface area contributed by atoms with E-state index in [9.17, 15) is 39.4 Å². The van der Waals surface area contributed by atoms with Crippen molar-refractivity contribution in [2.75, 3.05) is 39.3 Å². The van der Waals surface area contributed by atoms with Crippen molar-refractivity contribution in [2.45, 2.75) is 6.42 Å². The van der Waals surface area contributed by atoms with Gasteiger partial charge in [-0.15, -0.1) is 0 Å². The highest BCUT2D eigenvalue weighted by Crippen LogP contribution is 2.35. The fourth-order valence-corrected chi connectivity index (χ4v) is 6.52. The van der Waals surface area contributed by atoms with Crippen molar-refractivity contribution < 1.29 is 33.6 Å². The molecule has 0 radical (unpaired) electrons. The topological polar surface area (TPSA) is 167 Å². The number of imide groups is 2. The van der Waals surface area contributed by atoms with Gasteiger partial charge in [-0.3, -0.25) is 58.7 Å². The zero-order chi connectivity index (χ0) is 32.3. The average Bonchev–Trinajstić information content (AvgIpc) is 3.05. The van der Waals surface area contributed by atoms with Crippen molar-refractivity contribution >= 4 is 62.9 Å². The van der Waals surface area contributed by atoms with Crippen molar-refractivity contribution in [3.8, 4) is 0 Å². The van der Waals surface area contributed by atoms with Crippen molar-refractivity contribution in [2.24, 2.45) is 0 Å². The molecule has 14 heteroatoms. The number of hydrogen-bond acceptors (Lipinski definition) is 9. The van der Waals surface area contributed by atoms with Gasteiger partial charge in [0.1, 0.15) is 13.1 Å². The quantitative estimate of drug-likeness (QED) is 0.124. The van der Waals surface area contributed by atoms with E-state index in [-0.39, 0.29) is 35.6 Å². The van der Waals surface area contributed by atoms with Crippen molar-refractivity contribution in [3.63, 3.8) is 0 Å². The fourth-order valence-electron chi connectivity index (χ4n) is 6.52. The second kappa shape index (κ2) is 10.8. The standard InChI is InChI=1S/C32H25N6O8/c39-29-23-6-1-4-19-14-21(37(43)44)16-25(27(19)23)31(41)35(29)12-10-33-8-3-9-34(18-33)11-13-36-30(40)24-7-2-5-20-15-22(38(45)46)17-26(28(20)24)32(36)42/h1-2,4-7,14-18H,3,8-13H2/q+1. The molecule has 0 saturated carbocycles. The van der Waals surface area contributed by atoms with Crippen molar-refractivity contribution in [1.29, 1.82) is 0 Å². The first-order valence-corrected chi connectivity index (χ1v) is 14.6. The maximum absolute atomic E-state index is 13.4. The van der Waals surface area contributed by atoms with Crippen LogP contribution in [0.15, 0.2) is 60.7 Å². The number of benzene rings is 4. The molecule has 0 aromatic heterocycles. The third-order valence-corrected chi connectivity index (χ3v) is 8.69. The van der Waals surface area contributed by atoms with Crippen LogP contribution in [0.4, 0.5) is 11.4 Å². The minimum absolute atomic E-state index is 0.0448. The van der Waals surface area contributed by atoms with E-state index in [0.29, 0.717) is 58.9 Å². The highest BCUT2D eigenvalue weighted by molar-refractivity contribution is 6.26. The Labute approximate surface area is 260 Å². The average molecular weight is 622 g/mol. The highest BCUT2D eigenvalue weighted by atomic mass is 16.6. The Morgan fingerprint density at radius 3 is 1.67 bits per heavy atom. The zero-order valence-corrected chi connectivity index (χ0v) is 24.2. The minimum atomic E-state index is -0.594. The molecule has 3 aliphatic rings. The molecule has 0 spiro atoms. The van der Waals surface area contributed by atoms with Crippen LogP contribution in [0.2, 0.25) is 0 Å². The summed E-state index contributed by atoms with van der Waals surface area (Å²) < 4.78 is 1.94. The Hall–Kier alpha value is -6.05. The Kier molecular flexibility index (Phi) is 6.76. The lowest BCUT2D eigenvalue weighted by atomic mass is 9.93. The van der Waals surface area contributed by atoms with E-state index < -0.39 is 33.5 Å². The van der Waals surface area contributed by atoms with E-state index in [4.69, 9.17) is 0 Å². The number of nitro benzene ring substituents is 2. The molecule has 0 unspecified atom stereocenters. The summed E-state index contributed by atoms with van der Waals surface area (Å²) in [4.78, 5) is 79.5. The molecule has 0 atom stereocenters. The highest BCUT2D eigenvalue weighted by Gasteiger charge is 2.36. The molecule has 0 fully saturated rings. The Morgan fingerprint density at radius 1 is 0.652 bits per heavy atom. The summed E-state index contributed by atoms with van der Waals surface area (Å²) >= 11 is 0. The predicted molar refractivity (Wildman–Crippen MR) is 164 cm³/mol. The van der Waals surface area contributed by atoms with Gasteiger partial charge in [0.2, 0.25) is 6.34 Å². The number of amides is 4. The van der Waals surface area contributed by atoms with Gasteiger partial charge < -0.3 is 0 Å². The summed E-state index contributed by atoms with van der Waals surface area (Å²) in [6.07, 6.45) is 2.57. The zero-order valence-electron chi connectivity index (χ0n) is 24.2. The molecule has 4 aromatic carbocycles. The third kappa shape index (κ3) is 4.62. The predicted octanol–water partition coefficient (Wildman–Crippen LogP) is 3.45. The fraction of sp³-hybridized carbons (Fsp3) is 0.219. The smallest absolute Gasteiger partial charge is 0.270 e. The van der Waals surface area contributed by atoms with Gasteiger partial charge in [-0.05, 0) is 22.9 Å². The molecule has 46 heavy (non-hydrogen) atoms. The molecular formula is C32H25N6O8+. The third-order valence-electron chi connectivity index (χ3n) is 8.69. The Morgan fingerprint density at radius 2 is 1.15 bits per heavy atom. The summed E-state index contributed by atoms with van der Waals surface area (Å²) in [5.41, 5.74) is 0.386. The first kappa shape index (κ1) is 28.7. The minimum Gasteiger partial charge on any atom is -0.270 e. The number of non-ortho nitro benzene ring substituents is 2. The normalized spacial score (nSPS) is 16.0. The van der Waals surface area contributed by atoms with Crippen LogP contribution in [0.1, 0.15) is 47.9 Å². The van der Waals surface area contributed by atoms with E-state index in [2.05, 4.69) is 0 Å². The molecule has 0 saturated heterocycles. The van der Waals surface area contributed by atoms with Crippen molar-refractivity contribution in [3.05, 3.63) is 103 Å². The second-order valence-electron chi connectivity index (χ2n) is 11.4. The molecular weight excluding hydrogens is 596 g/mol. The number of carbonyl (C=O) groups is 4. The summed E-state index contributed by atoms with van der Waals surface area (Å²) in [5.74, 6) is -2.13. The monoisotopic (exact) mass is 621 g/mol. The van der Waals surface area contributed by atoms with Crippen LogP contribution in [0.5, 0.6) is 0 Å². The number of rotatable bonds is 8. The van der Waals surface area contributed by atoms with Crippen molar-refractivity contribution in [1.82, 2.24) is 14.7 Å². The SMILES string of the molecule is O=C1c2cccc3cc([N+](=O)[O-])cc(c23)C(=O)N1CCN1C=[N+](CCN2C(=O)c3cccc4cc([N+](=O)[O-])cc(c34)C2=O)CCC1. The van der Waals surface area contributed by atoms with E-state index in [1.165, 1.54) is 24.3 Å². The number of carbonyl (C=O) groups excluding carboxylic acids is 4. The molecule has 230 valence electrons. The number of nitrogens with zero attached hydrogens (tertiary/aromatic N) is 6. The summed E-state index contributed by atoms with van der Waals surface area (Å²) in [7, 11) is 0. The maximum Gasteiger partial charge on any atom is 0.270 e. The van der Waals surface area contributed by atoms with Gasteiger partial charge in [-0.25, -0.2) is 0 Å². The van der Waals surface area contributed by atoms with Crippen LogP contribution < -0.4 is 0 Å². The van der Waals surface area contributed by atoms with Crippen LogP contribution >= 0.6 is 0 Å². The van der Waals surface area contributed by atoms with Gasteiger partial charge in [0.15, 0.2) is 0 Å². The second-order valence-corrected chi connectivity index (χ2v) is 11.4. The molecule has 3 aliphatic heterocycles. The molecule has 4 aromatic rings. The largest absolute Gasteiger partial charge is 0.270 e. The van der Waals surface area contributed by atoms with Crippen LogP contribution in [-0.4, -0.2) is 98.4 Å². The van der Waals surface area contributed by atoms with E-state index in [1.54, 1.807) is 36.4 Å². The van der Waals surface area contributed by atoms with Gasteiger partial charge >= 0.3 is 0 Å². The van der Waals surface area contributed by atoms with E-state index in [0.717, 1.165) is 16.2 Å². The number of hydrogen-bond donors (Lipinski definition) is 0. The van der Waals surface area contributed by atoms with Gasteiger partial charge in [0, 0.05) is 52.6 Å². The van der Waals surface area contributed by atoms with Crippen LogP contribution in [0.3, 0.4) is 0 Å². The lowest BCUT2D eigenvalue weighted by Gasteiger charge is -2.29. The first-order chi connectivity index (χ1) is 22.1. The maximum atomic E-state index is 13.4. The molecule has 7 rings (SSSR count). The van der Waals surface area contributed by atoms with Crippen LogP contribution in [0.25, 0.3) is 21.5 Å². The first-order valence-electron chi connectivity index (χ1n) is 14.6. The molecule has 0 bridgehead atoms. The van der Waals surface area contributed by atoms with E-state index >= 15 is 0 Å². The lowest BCUT2D eigenvalue weighted by molar-refractivity contribution is -0.532. The van der Waals surface area contributed by atoms with Crippen LogP contribution in [0, 0.1) is 20.2 Å². The van der Waals surface area contributed by atoms with Gasteiger partial charge in [-0.1, -0.05) is 24.3 Å². The van der Waals surface area contributed by atoms with Gasteiger partial charge in [0.25, 0.3) is 35.0 Å². The van der Waals surface area contributed by atoms with Gasteiger partial charge in [0.05, 0.1) is 47.2 Å². The lowest BCUT2D eigenvalue weighted by Crippen LogP contribution is -2.47. The molecule has 0 aliphatic carbocycles. The summed E-state index contributed by atoms with van der Waals surface area (Å²) in [6.45, 7) is 1.98.